The minimum Gasteiger partial charge on any atom is -0.490 e. The van der Waals surface area contributed by atoms with Crippen LogP contribution in [-0.2, 0) is 9.59 Å². The molecule has 2 aromatic carbocycles. The summed E-state index contributed by atoms with van der Waals surface area (Å²) >= 11 is 0. The van der Waals surface area contributed by atoms with Crippen molar-refractivity contribution in [3.8, 4) is 11.5 Å². The Morgan fingerprint density at radius 3 is 2.38 bits per heavy atom. The first-order valence-electron chi connectivity index (χ1n) is 22.4. The van der Waals surface area contributed by atoms with Crippen LogP contribution in [0.4, 0.5) is 11.5 Å². The number of ether oxygens (including phenoxy) is 2. The number of carbonyl (C=O) groups excluding carboxylic acids is 5. The fraction of sp³-hybridized carbons (Fsp3) is 0.469. The zero-order valence-electron chi connectivity index (χ0n) is 36.9. The molecule has 64 heavy (non-hydrogen) atoms. The van der Waals surface area contributed by atoms with Gasteiger partial charge < -0.3 is 24.6 Å². The summed E-state index contributed by atoms with van der Waals surface area (Å²) in [6, 6.07) is 15.3. The lowest BCUT2D eigenvalue weighted by Gasteiger charge is -2.63. The first-order valence-corrected chi connectivity index (χ1v) is 22.4. The van der Waals surface area contributed by atoms with Gasteiger partial charge in [-0.25, -0.2) is 9.83 Å². The Bertz CT molecular complexity index is 2560. The summed E-state index contributed by atoms with van der Waals surface area (Å²) in [5.41, 5.74) is 1.30. The third-order valence-corrected chi connectivity index (χ3v) is 14.3. The molecule has 1 unspecified atom stereocenters. The number of rotatable bonds is 12. The molecule has 15 nitrogen and oxygen atoms in total. The van der Waals surface area contributed by atoms with Gasteiger partial charge in [-0.15, -0.1) is 0 Å². The van der Waals surface area contributed by atoms with Gasteiger partial charge in [0.15, 0.2) is 0 Å². The zero-order valence-corrected chi connectivity index (χ0v) is 36.9. The van der Waals surface area contributed by atoms with Crippen LogP contribution in [0, 0.1) is 23.3 Å². The van der Waals surface area contributed by atoms with E-state index in [1.807, 2.05) is 30.3 Å². The number of aromatic nitrogens is 2. The highest BCUT2D eigenvalue weighted by Crippen LogP contribution is 2.56. The number of pyridine rings is 2. The summed E-state index contributed by atoms with van der Waals surface area (Å²) in [4.78, 5) is 82.7. The van der Waals surface area contributed by atoms with E-state index < -0.39 is 29.7 Å². The topological polar surface area (TPSA) is 168 Å². The van der Waals surface area contributed by atoms with Crippen LogP contribution >= 0.6 is 0 Å². The Kier molecular flexibility index (Phi) is 11.1. The molecule has 4 aromatic rings. The van der Waals surface area contributed by atoms with Gasteiger partial charge in [0.05, 0.1) is 28.8 Å². The highest BCUT2D eigenvalue weighted by atomic mass is 16.5. The van der Waals surface area contributed by atoms with E-state index in [1.54, 1.807) is 36.7 Å². The van der Waals surface area contributed by atoms with Crippen LogP contribution in [0.25, 0.3) is 15.7 Å². The number of fused-ring (bicyclic) bond motifs is 2. The molecule has 9 rings (SSSR count). The van der Waals surface area contributed by atoms with Crippen molar-refractivity contribution in [3.63, 3.8) is 0 Å². The predicted molar refractivity (Wildman–Crippen MR) is 238 cm³/mol. The Balaban J connectivity index is 0.733. The quantitative estimate of drug-likeness (QED) is 0.121. The molecule has 0 spiro atoms. The molecule has 0 radical (unpaired) electrons. The van der Waals surface area contributed by atoms with Crippen LogP contribution in [0.3, 0.4) is 0 Å². The summed E-state index contributed by atoms with van der Waals surface area (Å²) < 4.78 is 12.9. The van der Waals surface area contributed by atoms with Crippen LogP contribution in [0.5, 0.6) is 11.5 Å². The van der Waals surface area contributed by atoms with Crippen molar-refractivity contribution >= 4 is 51.9 Å². The van der Waals surface area contributed by atoms with E-state index in [4.69, 9.17) is 21.0 Å². The molecule has 0 bridgehead atoms. The number of piperidine rings is 2. The van der Waals surface area contributed by atoms with Gasteiger partial charge in [-0.3, -0.25) is 39.2 Å². The van der Waals surface area contributed by atoms with Crippen LogP contribution in [0.15, 0.2) is 67.0 Å². The molecule has 5 heterocycles. The number of benzene rings is 2. The zero-order chi connectivity index (χ0) is 45.1. The Hall–Kier alpha value is -6.40. The van der Waals surface area contributed by atoms with Gasteiger partial charge >= 0.3 is 0 Å². The SMILES string of the molecule is [C-]#[N+]c1ccc(OC2C(C)(C)C(NC(=O)c3ccc(N4CCC(CN(CC)C5CC(Oc6ccc7c(c6)C(=O)N(C6CCC(=O)NC6=O)C7=O)C5)CC4)nc3)C2(C)C)c2cccnc12. The number of nitrogens with one attached hydrogen (secondary N) is 2. The molecule has 15 heteroatoms. The Labute approximate surface area is 372 Å². The molecule has 2 aromatic heterocycles. The first-order chi connectivity index (χ1) is 30.7. The molecule has 2 aliphatic carbocycles. The molecular weight excluding hydrogens is 813 g/mol. The molecule has 2 saturated heterocycles. The fourth-order valence-corrected chi connectivity index (χ4v) is 11.0. The van der Waals surface area contributed by atoms with Gasteiger partial charge in [-0.1, -0.05) is 40.7 Å². The number of imide groups is 2. The molecule has 4 fully saturated rings. The number of nitrogens with zero attached hydrogens (tertiary/aromatic N) is 6. The maximum Gasteiger partial charge on any atom is 0.262 e. The van der Waals surface area contributed by atoms with E-state index in [9.17, 15) is 24.0 Å². The van der Waals surface area contributed by atoms with Gasteiger partial charge in [0.1, 0.15) is 35.6 Å². The minimum absolute atomic E-state index is 0.00827. The van der Waals surface area contributed by atoms with Crippen LogP contribution in [-0.4, -0.2) is 106 Å². The van der Waals surface area contributed by atoms with Crippen molar-refractivity contribution in [3.05, 3.63) is 95.1 Å². The molecule has 5 aliphatic rings. The number of amides is 5. The van der Waals surface area contributed by atoms with Crippen LogP contribution in [0.1, 0.15) is 104 Å². The van der Waals surface area contributed by atoms with E-state index in [0.717, 1.165) is 68.0 Å². The number of hydrogen-bond acceptors (Lipinski definition) is 11. The van der Waals surface area contributed by atoms with Gasteiger partial charge in [-0.05, 0) is 80.3 Å². The summed E-state index contributed by atoms with van der Waals surface area (Å²) in [6.07, 6.45) is 7.13. The second kappa shape index (κ2) is 16.6. The summed E-state index contributed by atoms with van der Waals surface area (Å²) in [6.45, 7) is 21.9. The smallest absolute Gasteiger partial charge is 0.262 e. The van der Waals surface area contributed by atoms with Crippen molar-refractivity contribution in [1.29, 1.82) is 0 Å². The van der Waals surface area contributed by atoms with E-state index >= 15 is 0 Å². The Morgan fingerprint density at radius 1 is 0.938 bits per heavy atom. The average molecular weight is 867 g/mol. The third-order valence-electron chi connectivity index (χ3n) is 14.3. The normalized spacial score (nSPS) is 25.0. The van der Waals surface area contributed by atoms with Crippen molar-refractivity contribution in [2.75, 3.05) is 31.1 Å². The first kappa shape index (κ1) is 42.9. The largest absolute Gasteiger partial charge is 0.490 e. The lowest BCUT2D eigenvalue weighted by atomic mass is 9.49. The average Bonchev–Trinajstić information content (AvgIpc) is 3.52. The van der Waals surface area contributed by atoms with Crippen molar-refractivity contribution in [1.82, 2.24) is 30.4 Å². The van der Waals surface area contributed by atoms with E-state index in [2.05, 4.69) is 64.9 Å². The van der Waals surface area contributed by atoms with E-state index in [0.29, 0.717) is 40.2 Å². The highest BCUT2D eigenvalue weighted by molar-refractivity contribution is 6.23. The minimum atomic E-state index is -1.00. The van der Waals surface area contributed by atoms with Crippen molar-refractivity contribution in [2.45, 2.75) is 103 Å². The predicted octanol–water partition coefficient (Wildman–Crippen LogP) is 6.34. The Morgan fingerprint density at radius 2 is 1.69 bits per heavy atom. The summed E-state index contributed by atoms with van der Waals surface area (Å²) in [7, 11) is 0. The van der Waals surface area contributed by atoms with Crippen molar-refractivity contribution < 1.29 is 33.4 Å². The van der Waals surface area contributed by atoms with Gasteiger partial charge in [-0.2, -0.15) is 0 Å². The number of hydrogen-bond donors (Lipinski definition) is 2. The molecule has 2 N–H and O–H groups in total. The monoisotopic (exact) mass is 866 g/mol. The van der Waals surface area contributed by atoms with Gasteiger partial charge in [0.25, 0.3) is 17.7 Å². The van der Waals surface area contributed by atoms with Crippen LogP contribution in [0.2, 0.25) is 0 Å². The molecule has 3 aliphatic heterocycles. The second-order valence-electron chi connectivity index (χ2n) is 19.1. The highest BCUT2D eigenvalue weighted by Gasteiger charge is 2.64. The molecule has 332 valence electrons. The van der Waals surface area contributed by atoms with Crippen LogP contribution < -0.4 is 25.0 Å². The van der Waals surface area contributed by atoms with E-state index in [1.165, 1.54) is 0 Å². The van der Waals surface area contributed by atoms with Crippen molar-refractivity contribution in [2.24, 2.45) is 16.7 Å². The molecular formula is C49H54N8O7. The summed E-state index contributed by atoms with van der Waals surface area (Å²) in [5, 5.41) is 6.31. The molecule has 1 atom stereocenters. The maximum absolute atomic E-state index is 13.6. The van der Waals surface area contributed by atoms with Gasteiger partial charge in [0.2, 0.25) is 17.5 Å². The fourth-order valence-electron chi connectivity index (χ4n) is 11.0. The second-order valence-corrected chi connectivity index (χ2v) is 19.1. The maximum atomic E-state index is 13.6. The third kappa shape index (κ3) is 7.61. The number of anilines is 1. The lowest BCUT2D eigenvalue weighted by Crippen LogP contribution is -2.74. The molecule has 2 saturated carbocycles. The standard InChI is InChI=1S/C49H54N8O7/c1-7-55(30-23-32(24-30)63-31-11-12-33-35(25-31)45(62)57(44(33)61)37-14-17-40(58)53-43(37)60)27-28-18-21-56(22-19-28)39-16-10-29(26-52-39)42(59)54-46-48(2,3)47(49(46,4)5)64-38-15-13-36(50-6)41-34(38)9-8-20-51-41/h8-13,15-16,20,25-26,28,30,32,37,46-47H,7,14,17-19,21-24,27H2,1-5H3,(H,54,59)(H,53,58,60). The number of carbonyl (C=O) groups is 5. The summed E-state index contributed by atoms with van der Waals surface area (Å²) in [5.74, 6) is 0.333. The molecule has 5 amide bonds. The van der Waals surface area contributed by atoms with E-state index in [-0.39, 0.29) is 59.0 Å². The lowest BCUT2D eigenvalue weighted by molar-refractivity contribution is -0.163. The van der Waals surface area contributed by atoms with Gasteiger partial charge in [0, 0.05) is 79.6 Å².